The largest absolute Gasteiger partial charge is 0.350 e. The van der Waals surface area contributed by atoms with E-state index >= 15 is 0 Å². The van der Waals surface area contributed by atoms with E-state index in [9.17, 15) is 8.42 Å². The van der Waals surface area contributed by atoms with Crippen LogP contribution in [0.5, 0.6) is 0 Å². The second-order valence-corrected chi connectivity index (χ2v) is 9.26. The minimum absolute atomic E-state index is 0. The van der Waals surface area contributed by atoms with Crippen molar-refractivity contribution in [2.45, 2.75) is 44.7 Å². The van der Waals surface area contributed by atoms with Gasteiger partial charge in [-0.05, 0) is 37.0 Å². The van der Waals surface area contributed by atoms with Crippen LogP contribution in [0.3, 0.4) is 0 Å². The van der Waals surface area contributed by atoms with Gasteiger partial charge in [-0.25, -0.2) is 13.4 Å². The summed E-state index contributed by atoms with van der Waals surface area (Å²) in [5.74, 6) is 0.883. The third kappa shape index (κ3) is 3.40. The van der Waals surface area contributed by atoms with Gasteiger partial charge in [0.05, 0.1) is 10.4 Å². The Morgan fingerprint density at radius 1 is 1.14 bits per heavy atom. The van der Waals surface area contributed by atoms with Crippen molar-refractivity contribution in [3.63, 3.8) is 0 Å². The van der Waals surface area contributed by atoms with E-state index in [2.05, 4.69) is 40.7 Å². The lowest BCUT2D eigenvalue weighted by Crippen LogP contribution is -2.31. The molecule has 0 radical (unpaired) electrons. The number of rotatable bonds is 4. The molecular formula is C21H26ClN3O2S. The highest BCUT2D eigenvalue weighted by molar-refractivity contribution is 7.91. The molecule has 7 heteroatoms. The molecule has 0 N–H and O–H groups in total. The van der Waals surface area contributed by atoms with Crippen LogP contribution >= 0.6 is 12.4 Å². The minimum atomic E-state index is -3.32. The van der Waals surface area contributed by atoms with Crippen LogP contribution in [0, 0.1) is 6.92 Å². The fourth-order valence-electron chi connectivity index (χ4n) is 4.26. The smallest absolute Gasteiger partial charge is 0.177 e. The van der Waals surface area contributed by atoms with Gasteiger partial charge in [0.2, 0.25) is 0 Å². The number of aryl methyl sites for hydroxylation is 1. The number of fused-ring (bicyclic) bond motifs is 2. The average Bonchev–Trinajstić information content (AvgIpc) is 2.93. The van der Waals surface area contributed by atoms with Gasteiger partial charge in [-0.1, -0.05) is 31.2 Å². The third-order valence-corrected chi connectivity index (χ3v) is 6.66. The first-order chi connectivity index (χ1) is 12.9. The molecule has 3 heterocycles. The van der Waals surface area contributed by atoms with E-state index in [0.29, 0.717) is 4.90 Å². The predicted molar refractivity (Wildman–Crippen MR) is 116 cm³/mol. The molecule has 1 aliphatic rings. The highest BCUT2D eigenvalue weighted by atomic mass is 35.5. The monoisotopic (exact) mass is 419 g/mol. The van der Waals surface area contributed by atoms with Crippen molar-refractivity contribution in [1.82, 2.24) is 9.55 Å². The number of sulfone groups is 1. The second kappa shape index (κ2) is 7.76. The first-order valence-electron chi connectivity index (χ1n) is 9.41. The standard InChI is InChI=1S/C21H25N3O2S.ClH/c1-4-12-24-15(2)20(27(3,25)26)18-9-11-22-21(19(18)24)23-13-10-16-7-5-6-8-17(16)14-23;/h5-9,11H,4,10,12-14H2,1-3H3;1H. The van der Waals surface area contributed by atoms with Crippen LogP contribution in [0.15, 0.2) is 41.4 Å². The summed E-state index contributed by atoms with van der Waals surface area (Å²) in [5, 5.41) is 0.785. The zero-order chi connectivity index (χ0) is 19.2. The maximum Gasteiger partial charge on any atom is 0.177 e. The molecule has 1 aliphatic heterocycles. The van der Waals surface area contributed by atoms with Gasteiger partial charge in [0, 0.05) is 43.2 Å². The zero-order valence-corrected chi connectivity index (χ0v) is 18.1. The number of aromatic nitrogens is 2. The lowest BCUT2D eigenvalue weighted by Gasteiger charge is -2.30. The SMILES string of the molecule is CCCn1c(C)c(S(C)(=O)=O)c2ccnc(N3CCc4ccccc4C3)c21.Cl. The van der Waals surface area contributed by atoms with Crippen molar-refractivity contribution >= 4 is 39.0 Å². The Bertz CT molecular complexity index is 1120. The number of benzene rings is 1. The highest BCUT2D eigenvalue weighted by Crippen LogP contribution is 2.36. The zero-order valence-electron chi connectivity index (χ0n) is 16.5. The number of hydrogen-bond donors (Lipinski definition) is 0. The molecule has 0 saturated carbocycles. The lowest BCUT2D eigenvalue weighted by atomic mass is 10.00. The Kier molecular flexibility index (Phi) is 5.73. The van der Waals surface area contributed by atoms with E-state index < -0.39 is 9.84 Å². The molecule has 2 aromatic heterocycles. The number of hydrogen-bond acceptors (Lipinski definition) is 4. The van der Waals surface area contributed by atoms with E-state index in [-0.39, 0.29) is 12.4 Å². The van der Waals surface area contributed by atoms with Gasteiger partial charge in [-0.2, -0.15) is 0 Å². The number of pyridine rings is 1. The summed E-state index contributed by atoms with van der Waals surface area (Å²) in [7, 11) is -3.32. The van der Waals surface area contributed by atoms with Gasteiger partial charge >= 0.3 is 0 Å². The van der Waals surface area contributed by atoms with Crippen LogP contribution in [-0.2, 0) is 29.3 Å². The van der Waals surface area contributed by atoms with Crippen molar-refractivity contribution in [3.05, 3.63) is 53.3 Å². The van der Waals surface area contributed by atoms with Gasteiger partial charge < -0.3 is 9.47 Å². The average molecular weight is 420 g/mol. The molecule has 0 amide bonds. The summed E-state index contributed by atoms with van der Waals surface area (Å²) >= 11 is 0. The fraction of sp³-hybridized carbons (Fsp3) is 0.381. The van der Waals surface area contributed by atoms with Crippen LogP contribution in [0.1, 0.15) is 30.2 Å². The Morgan fingerprint density at radius 2 is 1.86 bits per heavy atom. The molecule has 0 aliphatic carbocycles. The Labute approximate surface area is 172 Å². The molecule has 28 heavy (non-hydrogen) atoms. The minimum Gasteiger partial charge on any atom is -0.350 e. The number of halogens is 1. The molecule has 3 aromatic rings. The van der Waals surface area contributed by atoms with Crippen LogP contribution in [0.2, 0.25) is 0 Å². The summed E-state index contributed by atoms with van der Waals surface area (Å²) in [6.45, 7) is 6.47. The van der Waals surface area contributed by atoms with Crippen molar-refractivity contribution in [1.29, 1.82) is 0 Å². The van der Waals surface area contributed by atoms with Crippen molar-refractivity contribution in [3.8, 4) is 0 Å². The Morgan fingerprint density at radius 3 is 2.54 bits per heavy atom. The van der Waals surface area contributed by atoms with Gasteiger partial charge in [0.1, 0.15) is 0 Å². The van der Waals surface area contributed by atoms with Crippen molar-refractivity contribution in [2.75, 3.05) is 17.7 Å². The van der Waals surface area contributed by atoms with E-state index in [4.69, 9.17) is 4.98 Å². The highest BCUT2D eigenvalue weighted by Gasteiger charge is 2.26. The Balaban J connectivity index is 0.00000225. The van der Waals surface area contributed by atoms with Crippen LogP contribution in [0.25, 0.3) is 10.9 Å². The predicted octanol–water partition coefficient (Wildman–Crippen LogP) is 4.14. The summed E-state index contributed by atoms with van der Waals surface area (Å²) in [5.41, 5.74) is 4.45. The molecular weight excluding hydrogens is 394 g/mol. The van der Waals surface area contributed by atoms with Crippen LogP contribution < -0.4 is 4.90 Å². The Hall–Kier alpha value is -2.05. The first-order valence-corrected chi connectivity index (χ1v) is 11.3. The lowest BCUT2D eigenvalue weighted by molar-refractivity contribution is 0.600. The molecule has 5 nitrogen and oxygen atoms in total. The summed E-state index contributed by atoms with van der Waals surface area (Å²) in [6.07, 6.45) is 4.94. The summed E-state index contributed by atoms with van der Waals surface area (Å²) < 4.78 is 27.1. The normalized spacial score (nSPS) is 14.0. The van der Waals surface area contributed by atoms with E-state index in [0.717, 1.165) is 54.9 Å². The summed E-state index contributed by atoms with van der Waals surface area (Å²) in [6, 6.07) is 10.3. The second-order valence-electron chi connectivity index (χ2n) is 7.31. The van der Waals surface area contributed by atoms with Crippen LogP contribution in [0.4, 0.5) is 5.82 Å². The van der Waals surface area contributed by atoms with Crippen molar-refractivity contribution in [2.24, 2.45) is 0 Å². The molecule has 0 fully saturated rings. The van der Waals surface area contributed by atoms with E-state index in [1.54, 1.807) is 6.20 Å². The third-order valence-electron chi connectivity index (χ3n) is 5.40. The molecule has 0 atom stereocenters. The molecule has 150 valence electrons. The van der Waals surface area contributed by atoms with Gasteiger partial charge in [-0.3, -0.25) is 0 Å². The number of nitrogens with zero attached hydrogens (tertiary/aromatic N) is 3. The van der Waals surface area contributed by atoms with Gasteiger partial charge in [-0.15, -0.1) is 12.4 Å². The van der Waals surface area contributed by atoms with Crippen LogP contribution in [-0.4, -0.2) is 30.8 Å². The van der Waals surface area contributed by atoms with E-state index in [1.165, 1.54) is 17.4 Å². The molecule has 0 saturated heterocycles. The molecule has 0 bridgehead atoms. The molecule has 4 rings (SSSR count). The van der Waals surface area contributed by atoms with E-state index in [1.807, 2.05) is 13.0 Å². The molecule has 0 spiro atoms. The first kappa shape index (κ1) is 20.7. The topological polar surface area (TPSA) is 55.2 Å². The summed E-state index contributed by atoms with van der Waals surface area (Å²) in [4.78, 5) is 7.41. The molecule has 1 aromatic carbocycles. The maximum atomic E-state index is 12.5. The van der Waals surface area contributed by atoms with Gasteiger partial charge in [0.15, 0.2) is 15.7 Å². The van der Waals surface area contributed by atoms with Crippen molar-refractivity contribution < 1.29 is 8.42 Å². The van der Waals surface area contributed by atoms with Gasteiger partial charge in [0.25, 0.3) is 0 Å². The quantitative estimate of drug-likeness (QED) is 0.637. The maximum absolute atomic E-state index is 12.5. The number of anilines is 1. The fourth-order valence-corrected chi connectivity index (χ4v) is 5.47. The molecule has 0 unspecified atom stereocenters.